The molecule has 0 spiro atoms. The molecule has 0 bridgehead atoms. The topological polar surface area (TPSA) is 71.3 Å². The van der Waals surface area contributed by atoms with E-state index in [2.05, 4.69) is 27.9 Å². The number of anilines is 1. The molecule has 1 amide bonds. The average molecular weight is 563 g/mol. The van der Waals surface area contributed by atoms with Crippen LogP contribution >= 0.6 is 34.2 Å². The molecule has 0 radical (unpaired) electrons. The highest BCUT2D eigenvalue weighted by Crippen LogP contribution is 2.35. The summed E-state index contributed by atoms with van der Waals surface area (Å²) in [6.07, 6.45) is 1.46. The second kappa shape index (κ2) is 11.0. The molecule has 32 heavy (non-hydrogen) atoms. The van der Waals surface area contributed by atoms with Crippen LogP contribution < -0.4 is 14.8 Å². The summed E-state index contributed by atoms with van der Waals surface area (Å²) >= 11 is 8.01. The Kier molecular flexibility index (Phi) is 8.09. The Balaban J connectivity index is 1.82. The summed E-state index contributed by atoms with van der Waals surface area (Å²) in [6.45, 7) is 0.158. The molecule has 0 aliphatic carbocycles. The minimum atomic E-state index is -0.560. The van der Waals surface area contributed by atoms with Crippen LogP contribution in [0.1, 0.15) is 11.1 Å². The van der Waals surface area contributed by atoms with Gasteiger partial charge >= 0.3 is 0 Å². The number of amides is 1. The van der Waals surface area contributed by atoms with Crippen LogP contribution in [-0.2, 0) is 11.4 Å². The van der Waals surface area contributed by atoms with Gasteiger partial charge in [-0.2, -0.15) is 5.26 Å². The molecule has 0 aliphatic heterocycles. The highest BCUT2D eigenvalue weighted by molar-refractivity contribution is 14.1. The number of nitrogens with one attached hydrogen (secondary N) is 1. The van der Waals surface area contributed by atoms with E-state index in [0.717, 1.165) is 0 Å². The molecule has 0 unspecified atom stereocenters. The van der Waals surface area contributed by atoms with Gasteiger partial charge in [0.05, 0.1) is 10.7 Å². The van der Waals surface area contributed by atoms with Crippen molar-refractivity contribution in [3.63, 3.8) is 0 Å². The Morgan fingerprint density at radius 1 is 1.22 bits per heavy atom. The molecule has 162 valence electrons. The van der Waals surface area contributed by atoms with Crippen LogP contribution in [0, 0.1) is 20.7 Å². The van der Waals surface area contributed by atoms with E-state index in [0.29, 0.717) is 36.9 Å². The summed E-state index contributed by atoms with van der Waals surface area (Å²) in [5.74, 6) is 0.00648. The minimum Gasteiger partial charge on any atom is -0.493 e. The Hall–Kier alpha value is -3.09. The van der Waals surface area contributed by atoms with Gasteiger partial charge in [-0.1, -0.05) is 29.8 Å². The van der Waals surface area contributed by atoms with Crippen molar-refractivity contribution < 1.29 is 18.7 Å². The Bertz CT molecular complexity index is 1220. The van der Waals surface area contributed by atoms with E-state index in [1.165, 1.54) is 25.3 Å². The van der Waals surface area contributed by atoms with Gasteiger partial charge in [-0.05, 0) is 82.3 Å². The number of methoxy groups -OCH3 is 1. The first-order valence-corrected chi connectivity index (χ1v) is 10.8. The van der Waals surface area contributed by atoms with Gasteiger partial charge in [0.25, 0.3) is 5.91 Å². The van der Waals surface area contributed by atoms with Crippen molar-refractivity contribution in [3.05, 3.63) is 91.8 Å². The lowest BCUT2D eigenvalue weighted by molar-refractivity contribution is -0.112. The van der Waals surface area contributed by atoms with Gasteiger partial charge in [0.1, 0.15) is 24.1 Å². The smallest absolute Gasteiger partial charge is 0.266 e. The molecule has 5 nitrogen and oxygen atoms in total. The fourth-order valence-electron chi connectivity index (χ4n) is 2.83. The molecule has 8 heteroatoms. The van der Waals surface area contributed by atoms with Crippen molar-refractivity contribution >= 4 is 51.9 Å². The molecule has 0 heterocycles. The second-order valence-electron chi connectivity index (χ2n) is 6.59. The van der Waals surface area contributed by atoms with Crippen LogP contribution in [0.4, 0.5) is 10.1 Å². The van der Waals surface area contributed by atoms with Crippen molar-refractivity contribution in [2.45, 2.75) is 6.61 Å². The molecule has 3 aromatic rings. The summed E-state index contributed by atoms with van der Waals surface area (Å²) in [6, 6.07) is 18.1. The molecule has 3 aromatic carbocycles. The predicted octanol–water partition coefficient (Wildman–Crippen LogP) is 6.22. The summed E-state index contributed by atoms with van der Waals surface area (Å²) < 4.78 is 25.4. The first-order valence-electron chi connectivity index (χ1n) is 9.33. The van der Waals surface area contributed by atoms with E-state index in [1.807, 2.05) is 6.07 Å². The maximum Gasteiger partial charge on any atom is 0.266 e. The van der Waals surface area contributed by atoms with Crippen molar-refractivity contribution in [1.29, 1.82) is 5.26 Å². The summed E-state index contributed by atoms with van der Waals surface area (Å²) in [4.78, 5) is 12.5. The van der Waals surface area contributed by atoms with Crippen molar-refractivity contribution in [2.24, 2.45) is 0 Å². The Morgan fingerprint density at radius 2 is 2.00 bits per heavy atom. The standard InChI is InChI=1S/C24H17ClFIN2O3/c1-31-22-11-16(8-17(13-28)24(30)29-20-7-3-5-18(25)12-20)10-21(27)23(22)32-14-15-4-2-6-19(26)9-15/h2-12H,14H2,1H3,(H,29,30)/b17-8+. The van der Waals surface area contributed by atoms with E-state index in [4.69, 9.17) is 21.1 Å². The Morgan fingerprint density at radius 3 is 2.69 bits per heavy atom. The fourth-order valence-corrected chi connectivity index (χ4v) is 3.80. The molecule has 0 atom stereocenters. The van der Waals surface area contributed by atoms with Gasteiger partial charge in [-0.3, -0.25) is 4.79 Å². The molecule has 0 aromatic heterocycles. The number of hydrogen-bond acceptors (Lipinski definition) is 4. The molecule has 3 rings (SSSR count). The molecule has 0 aliphatic rings. The van der Waals surface area contributed by atoms with E-state index in [9.17, 15) is 14.4 Å². The highest BCUT2D eigenvalue weighted by Gasteiger charge is 2.14. The van der Waals surface area contributed by atoms with Crippen molar-refractivity contribution in [1.82, 2.24) is 0 Å². The number of carbonyl (C=O) groups is 1. The first kappa shape index (κ1) is 23.6. The molecular formula is C24H17ClFIN2O3. The molecule has 0 saturated carbocycles. The predicted molar refractivity (Wildman–Crippen MR) is 130 cm³/mol. The largest absolute Gasteiger partial charge is 0.493 e. The number of ether oxygens (including phenoxy) is 2. The molecule has 0 fully saturated rings. The van der Waals surface area contributed by atoms with Crippen LogP contribution in [0.25, 0.3) is 6.08 Å². The minimum absolute atomic E-state index is 0.0868. The van der Waals surface area contributed by atoms with Crippen LogP contribution in [0.2, 0.25) is 5.02 Å². The third-order valence-corrected chi connectivity index (χ3v) is 5.32. The number of benzene rings is 3. The number of rotatable bonds is 7. The monoisotopic (exact) mass is 562 g/mol. The first-order chi connectivity index (χ1) is 15.4. The van der Waals surface area contributed by atoms with Gasteiger partial charge in [-0.25, -0.2) is 4.39 Å². The zero-order valence-electron chi connectivity index (χ0n) is 16.9. The molecular weight excluding hydrogens is 546 g/mol. The lowest BCUT2D eigenvalue weighted by Gasteiger charge is -2.14. The van der Waals surface area contributed by atoms with Crippen molar-refractivity contribution in [3.8, 4) is 17.6 Å². The second-order valence-corrected chi connectivity index (χ2v) is 8.19. The number of nitrogens with zero attached hydrogens (tertiary/aromatic N) is 1. The normalized spacial score (nSPS) is 10.9. The number of halogens is 3. The number of nitriles is 1. The fraction of sp³-hybridized carbons (Fsp3) is 0.0833. The van der Waals surface area contributed by atoms with Crippen molar-refractivity contribution in [2.75, 3.05) is 12.4 Å². The molecule has 0 saturated heterocycles. The lowest BCUT2D eigenvalue weighted by Crippen LogP contribution is -2.13. The van der Waals surface area contributed by atoms with Gasteiger partial charge in [0, 0.05) is 10.7 Å². The SMILES string of the molecule is COc1cc(/C=C(\C#N)C(=O)Nc2cccc(Cl)c2)cc(I)c1OCc1cccc(F)c1. The van der Waals surface area contributed by atoms with Gasteiger partial charge < -0.3 is 14.8 Å². The third-order valence-electron chi connectivity index (χ3n) is 4.28. The summed E-state index contributed by atoms with van der Waals surface area (Å²) in [5.41, 5.74) is 1.66. The van der Waals surface area contributed by atoms with Crippen LogP contribution in [0.15, 0.2) is 66.2 Å². The Labute approximate surface area is 203 Å². The quantitative estimate of drug-likeness (QED) is 0.211. The highest BCUT2D eigenvalue weighted by atomic mass is 127. The van der Waals surface area contributed by atoms with Gasteiger partial charge in [0.2, 0.25) is 0 Å². The third kappa shape index (κ3) is 6.22. The van der Waals surface area contributed by atoms with Crippen LogP contribution in [-0.4, -0.2) is 13.0 Å². The van der Waals surface area contributed by atoms with E-state index >= 15 is 0 Å². The maximum absolute atomic E-state index is 13.4. The number of hydrogen-bond donors (Lipinski definition) is 1. The summed E-state index contributed by atoms with van der Waals surface area (Å²) in [5, 5.41) is 12.6. The zero-order valence-corrected chi connectivity index (χ0v) is 19.8. The lowest BCUT2D eigenvalue weighted by atomic mass is 10.1. The van der Waals surface area contributed by atoms with Gasteiger partial charge in [0.15, 0.2) is 11.5 Å². The van der Waals surface area contributed by atoms with Crippen LogP contribution in [0.5, 0.6) is 11.5 Å². The number of carbonyl (C=O) groups excluding carboxylic acids is 1. The zero-order chi connectivity index (χ0) is 23.1. The van der Waals surface area contributed by atoms with Crippen LogP contribution in [0.3, 0.4) is 0 Å². The van der Waals surface area contributed by atoms with Gasteiger partial charge in [-0.15, -0.1) is 0 Å². The van der Waals surface area contributed by atoms with E-state index in [-0.39, 0.29) is 18.0 Å². The summed E-state index contributed by atoms with van der Waals surface area (Å²) in [7, 11) is 1.49. The van der Waals surface area contributed by atoms with E-state index in [1.54, 1.807) is 48.5 Å². The average Bonchev–Trinajstić information content (AvgIpc) is 2.76. The molecule has 1 N–H and O–H groups in total. The van der Waals surface area contributed by atoms with E-state index < -0.39 is 5.91 Å². The maximum atomic E-state index is 13.4.